The molecule has 3 rings (SSSR count). The zero-order valence-electron chi connectivity index (χ0n) is 13.9. The lowest BCUT2D eigenvalue weighted by Crippen LogP contribution is -2.48. The predicted molar refractivity (Wildman–Crippen MR) is 96.9 cm³/mol. The molecule has 1 saturated carbocycles. The van der Waals surface area contributed by atoms with E-state index in [2.05, 4.69) is 5.32 Å². The second-order valence-electron chi connectivity index (χ2n) is 6.79. The Balaban J connectivity index is 1.46. The van der Waals surface area contributed by atoms with Gasteiger partial charge >= 0.3 is 0 Å². The van der Waals surface area contributed by atoms with Gasteiger partial charge in [-0.25, -0.2) is 0 Å². The number of carbonyl (C=O) groups excluding carboxylic acids is 1. The van der Waals surface area contributed by atoms with Gasteiger partial charge in [-0.3, -0.25) is 4.79 Å². The van der Waals surface area contributed by atoms with Crippen molar-refractivity contribution in [3.63, 3.8) is 0 Å². The fourth-order valence-corrected chi connectivity index (χ4v) is 3.31. The van der Waals surface area contributed by atoms with E-state index in [0.29, 0.717) is 21.8 Å². The maximum Gasteiger partial charge on any atom is 0.263 e. The first kappa shape index (κ1) is 17.8. The summed E-state index contributed by atoms with van der Waals surface area (Å²) >= 11 is 11.9. The van der Waals surface area contributed by atoms with Crippen molar-refractivity contribution in [2.24, 2.45) is 5.92 Å². The smallest absolute Gasteiger partial charge is 0.263 e. The van der Waals surface area contributed by atoms with E-state index in [1.807, 2.05) is 4.90 Å². The summed E-state index contributed by atoms with van der Waals surface area (Å²) in [6.07, 6.45) is 4.23. The molecular weight excluding hydrogens is 347 g/mol. The van der Waals surface area contributed by atoms with E-state index in [9.17, 15) is 4.79 Å². The minimum absolute atomic E-state index is 0.0294. The molecular formula is C18H24Cl2N2O2. The predicted octanol–water partition coefficient (Wildman–Crippen LogP) is 3.75. The molecule has 4 nitrogen and oxygen atoms in total. The van der Waals surface area contributed by atoms with E-state index in [1.165, 1.54) is 12.8 Å². The SMILES string of the molecule is CC(Oc1ccc(Cl)c(Cl)c1)C(=O)N1CCC(NCC2CC2)CC1. The third-order valence-electron chi connectivity index (χ3n) is 4.75. The summed E-state index contributed by atoms with van der Waals surface area (Å²) in [5.74, 6) is 1.48. The van der Waals surface area contributed by atoms with Crippen molar-refractivity contribution in [3.8, 4) is 5.75 Å². The van der Waals surface area contributed by atoms with Crippen molar-refractivity contribution in [1.29, 1.82) is 0 Å². The first-order chi connectivity index (χ1) is 11.5. The molecule has 1 aromatic carbocycles. The first-order valence-electron chi connectivity index (χ1n) is 8.67. The lowest BCUT2D eigenvalue weighted by atomic mass is 10.0. The van der Waals surface area contributed by atoms with E-state index < -0.39 is 6.10 Å². The molecule has 0 aromatic heterocycles. The van der Waals surface area contributed by atoms with Crippen LogP contribution in [0.25, 0.3) is 0 Å². The highest BCUT2D eigenvalue weighted by atomic mass is 35.5. The highest BCUT2D eigenvalue weighted by Crippen LogP contribution is 2.28. The zero-order valence-corrected chi connectivity index (χ0v) is 15.4. The van der Waals surface area contributed by atoms with E-state index in [-0.39, 0.29) is 5.91 Å². The number of carbonyl (C=O) groups is 1. The van der Waals surface area contributed by atoms with Gasteiger partial charge < -0.3 is 15.0 Å². The molecule has 2 fully saturated rings. The number of ether oxygens (including phenoxy) is 1. The van der Waals surface area contributed by atoms with Gasteiger partial charge in [-0.1, -0.05) is 23.2 Å². The first-order valence-corrected chi connectivity index (χ1v) is 9.42. The highest BCUT2D eigenvalue weighted by Gasteiger charge is 2.28. The van der Waals surface area contributed by atoms with Crippen LogP contribution in [-0.2, 0) is 4.79 Å². The molecule has 1 aliphatic carbocycles. The molecule has 0 radical (unpaired) electrons. The lowest BCUT2D eigenvalue weighted by molar-refractivity contribution is -0.139. The second kappa shape index (κ2) is 7.94. The molecule has 132 valence electrons. The number of piperidine rings is 1. The maximum atomic E-state index is 12.6. The summed E-state index contributed by atoms with van der Waals surface area (Å²) in [6, 6.07) is 5.59. The number of hydrogen-bond acceptors (Lipinski definition) is 3. The van der Waals surface area contributed by atoms with Crippen molar-refractivity contribution >= 4 is 29.1 Å². The standard InChI is InChI=1S/C18H24Cl2N2O2/c1-12(24-15-4-5-16(19)17(20)10-15)18(23)22-8-6-14(7-9-22)21-11-13-2-3-13/h4-5,10,12-14,21H,2-3,6-9,11H2,1H3. The molecule has 2 aliphatic rings. The van der Waals surface area contributed by atoms with E-state index in [0.717, 1.165) is 38.4 Å². The van der Waals surface area contributed by atoms with Crippen molar-refractivity contribution in [3.05, 3.63) is 28.2 Å². The van der Waals surface area contributed by atoms with Crippen LogP contribution in [0, 0.1) is 5.92 Å². The monoisotopic (exact) mass is 370 g/mol. The number of benzene rings is 1. The molecule has 0 bridgehead atoms. The molecule has 1 unspecified atom stereocenters. The normalized spacial score (nSPS) is 20.0. The average Bonchev–Trinajstić information content (AvgIpc) is 3.40. The van der Waals surface area contributed by atoms with E-state index in [1.54, 1.807) is 25.1 Å². The van der Waals surface area contributed by atoms with Gasteiger partial charge in [-0.2, -0.15) is 0 Å². The maximum absolute atomic E-state index is 12.6. The van der Waals surface area contributed by atoms with Gasteiger partial charge in [0.05, 0.1) is 10.0 Å². The Hall–Kier alpha value is -0.970. The van der Waals surface area contributed by atoms with Crippen LogP contribution in [0.1, 0.15) is 32.6 Å². The third-order valence-corrected chi connectivity index (χ3v) is 5.49. The second-order valence-corrected chi connectivity index (χ2v) is 7.60. The fraction of sp³-hybridized carbons (Fsp3) is 0.611. The Morgan fingerprint density at radius 1 is 1.25 bits per heavy atom. The minimum Gasteiger partial charge on any atom is -0.481 e. The van der Waals surface area contributed by atoms with Gasteiger partial charge in [-0.15, -0.1) is 0 Å². The summed E-state index contributed by atoms with van der Waals surface area (Å²) in [7, 11) is 0. The molecule has 1 amide bonds. The Labute approximate surface area is 153 Å². The zero-order chi connectivity index (χ0) is 17.1. The summed E-state index contributed by atoms with van der Waals surface area (Å²) in [6.45, 7) is 4.49. The molecule has 6 heteroatoms. The van der Waals surface area contributed by atoms with Gasteiger partial charge in [0, 0.05) is 25.2 Å². The van der Waals surface area contributed by atoms with Gasteiger partial charge in [0.25, 0.3) is 5.91 Å². The molecule has 1 saturated heterocycles. The highest BCUT2D eigenvalue weighted by molar-refractivity contribution is 6.42. The lowest BCUT2D eigenvalue weighted by Gasteiger charge is -2.34. The van der Waals surface area contributed by atoms with Crippen LogP contribution >= 0.6 is 23.2 Å². The Morgan fingerprint density at radius 2 is 1.96 bits per heavy atom. The van der Waals surface area contributed by atoms with Crippen molar-refractivity contribution < 1.29 is 9.53 Å². The Kier molecular flexibility index (Phi) is 5.90. The number of hydrogen-bond donors (Lipinski definition) is 1. The fourth-order valence-electron chi connectivity index (χ4n) is 3.02. The molecule has 1 aromatic rings. The van der Waals surface area contributed by atoms with Gasteiger partial charge in [0.15, 0.2) is 6.10 Å². The number of rotatable bonds is 6. The summed E-state index contributed by atoms with van der Waals surface area (Å²) in [4.78, 5) is 14.5. The van der Waals surface area contributed by atoms with Crippen LogP contribution in [0.3, 0.4) is 0 Å². The van der Waals surface area contributed by atoms with Crippen LogP contribution in [0.5, 0.6) is 5.75 Å². The number of likely N-dealkylation sites (tertiary alicyclic amines) is 1. The summed E-state index contributed by atoms with van der Waals surface area (Å²) in [5.41, 5.74) is 0. The number of halogens is 2. The van der Waals surface area contributed by atoms with Gasteiger partial charge in [0.2, 0.25) is 0 Å². The molecule has 1 aliphatic heterocycles. The van der Waals surface area contributed by atoms with Crippen molar-refractivity contribution in [2.75, 3.05) is 19.6 Å². The Morgan fingerprint density at radius 3 is 2.58 bits per heavy atom. The van der Waals surface area contributed by atoms with Crippen LogP contribution in [-0.4, -0.2) is 42.6 Å². The minimum atomic E-state index is -0.529. The van der Waals surface area contributed by atoms with Crippen LogP contribution in [0.15, 0.2) is 18.2 Å². The van der Waals surface area contributed by atoms with E-state index >= 15 is 0 Å². The molecule has 0 spiro atoms. The number of nitrogens with zero attached hydrogens (tertiary/aromatic N) is 1. The van der Waals surface area contributed by atoms with Gasteiger partial charge in [-0.05, 0) is 57.2 Å². The molecule has 1 atom stereocenters. The summed E-state index contributed by atoms with van der Waals surface area (Å²) in [5, 5.41) is 4.53. The van der Waals surface area contributed by atoms with Crippen LogP contribution in [0.2, 0.25) is 10.0 Å². The number of amides is 1. The quantitative estimate of drug-likeness (QED) is 0.828. The molecule has 24 heavy (non-hydrogen) atoms. The van der Waals surface area contributed by atoms with E-state index in [4.69, 9.17) is 27.9 Å². The Bertz CT molecular complexity index is 584. The van der Waals surface area contributed by atoms with Crippen molar-refractivity contribution in [2.45, 2.75) is 44.8 Å². The topological polar surface area (TPSA) is 41.6 Å². The average molecular weight is 371 g/mol. The van der Waals surface area contributed by atoms with Crippen LogP contribution < -0.4 is 10.1 Å². The van der Waals surface area contributed by atoms with Crippen LogP contribution in [0.4, 0.5) is 0 Å². The molecule has 1 heterocycles. The third kappa shape index (κ3) is 4.78. The summed E-state index contributed by atoms with van der Waals surface area (Å²) < 4.78 is 5.73. The molecule has 1 N–H and O–H groups in total. The number of nitrogens with one attached hydrogen (secondary N) is 1. The van der Waals surface area contributed by atoms with Crippen molar-refractivity contribution in [1.82, 2.24) is 10.2 Å². The van der Waals surface area contributed by atoms with Gasteiger partial charge in [0.1, 0.15) is 5.75 Å². The largest absolute Gasteiger partial charge is 0.481 e.